The first-order valence-electron chi connectivity index (χ1n) is 5.37. The van der Waals surface area contributed by atoms with Gasteiger partial charge in [-0.25, -0.2) is 9.78 Å². The van der Waals surface area contributed by atoms with Gasteiger partial charge in [-0.3, -0.25) is 0 Å². The van der Waals surface area contributed by atoms with Crippen molar-refractivity contribution in [1.82, 2.24) is 4.98 Å². The molecule has 0 spiro atoms. The van der Waals surface area contributed by atoms with Crippen LogP contribution < -0.4 is 4.74 Å². The second-order valence-electron chi connectivity index (χ2n) is 3.80. The quantitative estimate of drug-likeness (QED) is 0.904. The number of ether oxygens (including phenoxy) is 1. The number of nitrogens with zero attached hydrogens (tertiary/aromatic N) is 1. The topological polar surface area (TPSA) is 59.4 Å². The Labute approximate surface area is 129 Å². The van der Waals surface area contributed by atoms with Gasteiger partial charge in [0.1, 0.15) is 17.1 Å². The molecule has 2 rings (SSSR count). The maximum absolute atomic E-state index is 11.0. The normalized spacial score (nSPS) is 10.4. The van der Waals surface area contributed by atoms with E-state index in [1.54, 1.807) is 0 Å². The van der Waals surface area contributed by atoms with E-state index in [9.17, 15) is 4.79 Å². The molecule has 1 aromatic carbocycles. The molecule has 0 unspecified atom stereocenters. The first kappa shape index (κ1) is 14.9. The van der Waals surface area contributed by atoms with Crippen LogP contribution in [0, 0.1) is 0 Å². The third-order valence-electron chi connectivity index (χ3n) is 2.54. The van der Waals surface area contributed by atoms with Gasteiger partial charge >= 0.3 is 5.97 Å². The van der Waals surface area contributed by atoms with E-state index in [1.165, 1.54) is 31.4 Å². The summed E-state index contributed by atoms with van der Waals surface area (Å²) in [5, 5.41) is 9.90. The van der Waals surface area contributed by atoms with Crippen molar-refractivity contribution in [2.45, 2.75) is 0 Å². The van der Waals surface area contributed by atoms with Crippen molar-refractivity contribution in [2.24, 2.45) is 0 Å². The number of aromatic nitrogens is 1. The van der Waals surface area contributed by atoms with Crippen LogP contribution in [0.2, 0.25) is 15.1 Å². The van der Waals surface area contributed by atoms with Crippen LogP contribution in [0.4, 0.5) is 0 Å². The lowest BCUT2D eigenvalue weighted by Crippen LogP contribution is -2.03. The Morgan fingerprint density at radius 2 is 1.80 bits per heavy atom. The fourth-order valence-corrected chi connectivity index (χ4v) is 2.67. The molecule has 0 saturated carbocycles. The molecule has 1 N–H and O–H groups in total. The molecule has 4 nitrogen and oxygen atoms in total. The van der Waals surface area contributed by atoms with Crippen LogP contribution in [0.5, 0.6) is 5.75 Å². The lowest BCUT2D eigenvalue weighted by molar-refractivity contribution is 0.0690. The molecule has 0 aliphatic carbocycles. The number of carboxylic acid groups (broad SMARTS) is 1. The van der Waals surface area contributed by atoms with Gasteiger partial charge in [0.25, 0.3) is 0 Å². The number of aromatic carboxylic acids is 1. The van der Waals surface area contributed by atoms with E-state index in [1.807, 2.05) is 0 Å². The van der Waals surface area contributed by atoms with Crippen molar-refractivity contribution in [3.05, 3.63) is 45.0 Å². The minimum Gasteiger partial charge on any atom is -0.494 e. The molecule has 1 aromatic heterocycles. The summed E-state index contributed by atoms with van der Waals surface area (Å²) in [5.41, 5.74) is 0.486. The number of hydrogen-bond donors (Lipinski definition) is 1. The van der Waals surface area contributed by atoms with E-state index in [-0.39, 0.29) is 21.4 Å². The highest BCUT2D eigenvalue weighted by atomic mass is 35.5. The van der Waals surface area contributed by atoms with Gasteiger partial charge in [0.2, 0.25) is 0 Å². The first-order chi connectivity index (χ1) is 9.43. The molecule has 0 saturated heterocycles. The van der Waals surface area contributed by atoms with Gasteiger partial charge in [-0.15, -0.1) is 0 Å². The number of carboxylic acids is 1. The molecular formula is C13H8Cl3NO3. The maximum Gasteiger partial charge on any atom is 0.354 e. The zero-order valence-corrected chi connectivity index (χ0v) is 12.4. The van der Waals surface area contributed by atoms with Crippen molar-refractivity contribution >= 4 is 40.8 Å². The Balaban J connectivity index is 2.74. The molecule has 1 heterocycles. The van der Waals surface area contributed by atoms with Gasteiger partial charge in [0, 0.05) is 10.6 Å². The molecule has 20 heavy (non-hydrogen) atoms. The van der Waals surface area contributed by atoms with Crippen molar-refractivity contribution in [1.29, 1.82) is 0 Å². The zero-order chi connectivity index (χ0) is 14.9. The first-order valence-corrected chi connectivity index (χ1v) is 6.50. The van der Waals surface area contributed by atoms with Crippen LogP contribution in [0.25, 0.3) is 11.3 Å². The van der Waals surface area contributed by atoms with Gasteiger partial charge in [-0.2, -0.15) is 0 Å². The Hall–Kier alpha value is -1.49. The van der Waals surface area contributed by atoms with Gasteiger partial charge in [-0.1, -0.05) is 34.8 Å². The van der Waals surface area contributed by atoms with Crippen molar-refractivity contribution in [3.63, 3.8) is 0 Å². The fourth-order valence-electron chi connectivity index (χ4n) is 1.68. The second kappa shape index (κ2) is 5.87. The SMILES string of the molecule is COc1ccc(C(=O)O)nc1-c1c(Cl)cc(Cl)cc1Cl. The molecule has 0 radical (unpaired) electrons. The van der Waals surface area contributed by atoms with Gasteiger partial charge in [0.15, 0.2) is 0 Å². The summed E-state index contributed by atoms with van der Waals surface area (Å²) in [4.78, 5) is 15.0. The predicted octanol–water partition coefficient (Wildman–Crippen LogP) is 4.42. The van der Waals surface area contributed by atoms with E-state index >= 15 is 0 Å². The lowest BCUT2D eigenvalue weighted by Gasteiger charge is -2.12. The summed E-state index contributed by atoms with van der Waals surface area (Å²) < 4.78 is 5.17. The molecule has 0 aliphatic rings. The molecule has 2 aromatic rings. The number of benzene rings is 1. The van der Waals surface area contributed by atoms with E-state index in [4.69, 9.17) is 44.6 Å². The van der Waals surface area contributed by atoms with E-state index in [0.29, 0.717) is 16.3 Å². The fraction of sp³-hybridized carbons (Fsp3) is 0.0769. The Morgan fingerprint density at radius 1 is 1.20 bits per heavy atom. The Morgan fingerprint density at radius 3 is 2.30 bits per heavy atom. The van der Waals surface area contributed by atoms with Gasteiger partial charge < -0.3 is 9.84 Å². The van der Waals surface area contributed by atoms with Crippen LogP contribution >= 0.6 is 34.8 Å². The third kappa shape index (κ3) is 2.82. The number of carbonyl (C=O) groups is 1. The van der Waals surface area contributed by atoms with Gasteiger partial charge in [-0.05, 0) is 24.3 Å². The maximum atomic E-state index is 11.0. The Bertz CT molecular complexity index is 666. The number of rotatable bonds is 3. The summed E-state index contributed by atoms with van der Waals surface area (Å²) in [5.74, 6) is -0.795. The van der Waals surface area contributed by atoms with E-state index in [2.05, 4.69) is 4.98 Å². The van der Waals surface area contributed by atoms with E-state index in [0.717, 1.165) is 0 Å². The summed E-state index contributed by atoms with van der Waals surface area (Å²) in [7, 11) is 1.44. The van der Waals surface area contributed by atoms with Crippen LogP contribution in [-0.2, 0) is 0 Å². The number of halogens is 3. The van der Waals surface area contributed by atoms with Crippen molar-refractivity contribution in [3.8, 4) is 17.0 Å². The minimum absolute atomic E-state index is 0.136. The van der Waals surface area contributed by atoms with Crippen LogP contribution in [0.1, 0.15) is 10.5 Å². The highest BCUT2D eigenvalue weighted by molar-refractivity contribution is 6.41. The molecular weight excluding hydrogens is 325 g/mol. The smallest absolute Gasteiger partial charge is 0.354 e. The van der Waals surface area contributed by atoms with Gasteiger partial charge in [0.05, 0.1) is 17.2 Å². The summed E-state index contributed by atoms with van der Waals surface area (Å²) in [6.45, 7) is 0. The molecule has 0 amide bonds. The lowest BCUT2D eigenvalue weighted by atomic mass is 10.1. The zero-order valence-electron chi connectivity index (χ0n) is 10.2. The average molecular weight is 333 g/mol. The summed E-state index contributed by atoms with van der Waals surface area (Å²) >= 11 is 18.1. The minimum atomic E-state index is -1.16. The average Bonchev–Trinajstić information content (AvgIpc) is 2.37. The molecule has 0 fully saturated rings. The largest absolute Gasteiger partial charge is 0.494 e. The summed E-state index contributed by atoms with van der Waals surface area (Å²) in [6, 6.07) is 5.83. The standard InChI is InChI=1S/C13H8Cl3NO3/c1-20-10-3-2-9(13(18)19)17-12(10)11-7(15)4-6(14)5-8(11)16/h2-5H,1H3,(H,18,19). The van der Waals surface area contributed by atoms with Crippen LogP contribution in [0.3, 0.4) is 0 Å². The monoisotopic (exact) mass is 331 g/mol. The third-order valence-corrected chi connectivity index (χ3v) is 3.36. The van der Waals surface area contributed by atoms with Crippen molar-refractivity contribution in [2.75, 3.05) is 7.11 Å². The summed E-state index contributed by atoms with van der Waals surface area (Å²) in [6.07, 6.45) is 0. The van der Waals surface area contributed by atoms with Crippen LogP contribution in [-0.4, -0.2) is 23.2 Å². The molecule has 104 valence electrons. The highest BCUT2D eigenvalue weighted by Gasteiger charge is 2.18. The number of pyridine rings is 1. The molecule has 0 bridgehead atoms. The number of methoxy groups -OCH3 is 1. The van der Waals surface area contributed by atoms with Crippen LogP contribution in [0.15, 0.2) is 24.3 Å². The molecule has 0 atom stereocenters. The Kier molecular flexibility index (Phi) is 4.38. The molecule has 7 heteroatoms. The second-order valence-corrected chi connectivity index (χ2v) is 5.05. The van der Waals surface area contributed by atoms with E-state index < -0.39 is 5.97 Å². The molecule has 0 aliphatic heterocycles. The highest BCUT2D eigenvalue weighted by Crippen LogP contribution is 2.40. The van der Waals surface area contributed by atoms with Crippen molar-refractivity contribution < 1.29 is 14.6 Å². The number of hydrogen-bond acceptors (Lipinski definition) is 3. The predicted molar refractivity (Wildman–Crippen MR) is 78.2 cm³/mol.